The van der Waals surface area contributed by atoms with E-state index in [0.717, 1.165) is 11.6 Å². The molecule has 2 unspecified atom stereocenters. The fourth-order valence-electron chi connectivity index (χ4n) is 2.96. The molecule has 1 saturated heterocycles. The first-order chi connectivity index (χ1) is 10.7. The molecule has 0 bridgehead atoms. The van der Waals surface area contributed by atoms with E-state index in [1.165, 1.54) is 0 Å². The van der Waals surface area contributed by atoms with Gasteiger partial charge in [-0.1, -0.05) is 6.07 Å². The van der Waals surface area contributed by atoms with Crippen LogP contribution in [0.1, 0.15) is 30.6 Å². The van der Waals surface area contributed by atoms with E-state index in [2.05, 4.69) is 10.3 Å². The van der Waals surface area contributed by atoms with Crippen LogP contribution in [-0.4, -0.2) is 23.1 Å². The molecule has 2 aromatic rings. The van der Waals surface area contributed by atoms with Gasteiger partial charge in [-0.25, -0.2) is 8.78 Å². The molecule has 0 spiro atoms. The minimum Gasteiger partial charge on any atom is -0.371 e. The molecule has 1 aliphatic rings. The third-order valence-electron chi connectivity index (χ3n) is 4.20. The quantitative estimate of drug-likeness (QED) is 0.872. The number of nitrogens with one attached hydrogen (secondary N) is 1. The van der Waals surface area contributed by atoms with Crippen molar-refractivity contribution in [2.45, 2.75) is 37.8 Å². The predicted octanol–water partition coefficient (Wildman–Crippen LogP) is 1.95. The van der Waals surface area contributed by atoms with E-state index in [9.17, 15) is 18.4 Å². The van der Waals surface area contributed by atoms with Gasteiger partial charge in [-0.2, -0.15) is 0 Å². The van der Waals surface area contributed by atoms with Crippen molar-refractivity contribution in [2.75, 3.05) is 11.9 Å². The molecule has 122 valence electrons. The maximum Gasteiger partial charge on any atom is 0.273 e. The molecule has 23 heavy (non-hydrogen) atoms. The highest BCUT2D eigenvalue weighted by Gasteiger charge is 2.53. The number of rotatable bonds is 4. The smallest absolute Gasteiger partial charge is 0.273 e. The lowest BCUT2D eigenvalue weighted by Crippen LogP contribution is -2.42. The Kier molecular flexibility index (Phi) is 3.55. The molecule has 0 saturated carbocycles. The van der Waals surface area contributed by atoms with Crippen LogP contribution in [-0.2, 0) is 4.74 Å². The highest BCUT2D eigenvalue weighted by molar-refractivity contribution is 5.50. The van der Waals surface area contributed by atoms with Gasteiger partial charge in [0.05, 0.1) is 23.0 Å². The van der Waals surface area contributed by atoms with Crippen LogP contribution < -0.4 is 16.2 Å². The van der Waals surface area contributed by atoms with Gasteiger partial charge in [0.2, 0.25) is 10.9 Å². The Morgan fingerprint density at radius 3 is 2.65 bits per heavy atom. The molecule has 0 aliphatic carbocycles. The van der Waals surface area contributed by atoms with Crippen LogP contribution in [0.4, 0.5) is 14.5 Å². The van der Waals surface area contributed by atoms with Crippen molar-refractivity contribution in [3.05, 3.63) is 56.1 Å². The Hall–Kier alpha value is -2.15. The lowest BCUT2D eigenvalue weighted by molar-refractivity contribution is -0.0248. The Labute approximate surface area is 131 Å². The zero-order chi connectivity index (χ0) is 16.8. The summed E-state index contributed by atoms with van der Waals surface area (Å²) in [6.45, 7) is 2.68. The molecule has 1 aromatic carbocycles. The topological polar surface area (TPSA) is 68.3 Å². The second-order valence-electron chi connectivity index (χ2n) is 6.17. The molecule has 2 heterocycles. The number of anilines is 1. The molecule has 7 heteroatoms. The van der Waals surface area contributed by atoms with Gasteiger partial charge in [-0.15, -0.1) is 0 Å². The van der Waals surface area contributed by atoms with Crippen LogP contribution >= 0.6 is 0 Å². The minimum absolute atomic E-state index is 0.102. The maximum atomic E-state index is 13.7. The Morgan fingerprint density at radius 2 is 2.13 bits per heavy atom. The van der Waals surface area contributed by atoms with Crippen molar-refractivity contribution < 1.29 is 13.5 Å². The summed E-state index contributed by atoms with van der Waals surface area (Å²) in [5.74, 6) is -2.94. The van der Waals surface area contributed by atoms with Gasteiger partial charge in [0, 0.05) is 18.7 Å². The third kappa shape index (κ3) is 2.76. The first-order valence-corrected chi connectivity index (χ1v) is 7.22. The van der Waals surface area contributed by atoms with Crippen LogP contribution in [0, 0.1) is 6.92 Å². The lowest BCUT2D eigenvalue weighted by Gasteiger charge is -2.34. The summed E-state index contributed by atoms with van der Waals surface area (Å²) in [4.78, 5) is 26.9. The number of hydrogen-bond donors (Lipinski definition) is 1. The zero-order valence-corrected chi connectivity index (χ0v) is 12.7. The van der Waals surface area contributed by atoms with E-state index in [1.807, 2.05) is 0 Å². The number of hydrogen-bond acceptors (Lipinski definition) is 5. The number of nitrogens with zero attached hydrogens (tertiary/aromatic N) is 1. The first-order valence-electron chi connectivity index (χ1n) is 7.22. The maximum absolute atomic E-state index is 13.7. The molecule has 0 radical (unpaired) electrons. The normalized spacial score (nSPS) is 24.7. The molecule has 1 N–H and O–H groups in total. The second kappa shape index (κ2) is 5.19. The van der Waals surface area contributed by atoms with E-state index >= 15 is 0 Å². The number of halogens is 2. The number of alkyl halides is 2. The fourth-order valence-corrected chi connectivity index (χ4v) is 2.96. The summed E-state index contributed by atoms with van der Waals surface area (Å²) < 4.78 is 32.7. The molecule has 3 rings (SSSR count). The number of pyridine rings is 1. The van der Waals surface area contributed by atoms with Crippen molar-refractivity contribution >= 4 is 5.69 Å². The van der Waals surface area contributed by atoms with E-state index in [0.29, 0.717) is 5.69 Å². The Bertz CT molecular complexity index is 814. The van der Waals surface area contributed by atoms with Crippen molar-refractivity contribution in [3.8, 4) is 0 Å². The summed E-state index contributed by atoms with van der Waals surface area (Å²) in [6, 6.07) is 3.93. The van der Waals surface area contributed by atoms with Crippen molar-refractivity contribution in [1.29, 1.82) is 0 Å². The Balaban J connectivity index is 2.01. The zero-order valence-electron chi connectivity index (χ0n) is 12.7. The SMILES string of the molecule is Cc1cccnc1C(Nc1cc(=O)c1=O)C1(C)CC(F)(F)CO1. The van der Waals surface area contributed by atoms with E-state index in [4.69, 9.17) is 4.74 Å². The third-order valence-corrected chi connectivity index (χ3v) is 4.20. The molecule has 2 atom stereocenters. The fraction of sp³-hybridized carbons (Fsp3) is 0.438. The average molecular weight is 322 g/mol. The van der Waals surface area contributed by atoms with Gasteiger partial charge in [0.25, 0.3) is 5.92 Å². The highest BCUT2D eigenvalue weighted by Crippen LogP contribution is 2.45. The second-order valence-corrected chi connectivity index (χ2v) is 6.17. The van der Waals surface area contributed by atoms with Crippen molar-refractivity contribution in [3.63, 3.8) is 0 Å². The lowest BCUT2D eigenvalue weighted by atomic mass is 9.87. The summed E-state index contributed by atoms with van der Waals surface area (Å²) in [5, 5.41) is 2.88. The van der Waals surface area contributed by atoms with Crippen LogP contribution in [0.3, 0.4) is 0 Å². The van der Waals surface area contributed by atoms with Crippen molar-refractivity contribution in [2.24, 2.45) is 0 Å². The highest BCUT2D eigenvalue weighted by atomic mass is 19.3. The van der Waals surface area contributed by atoms with Crippen LogP contribution in [0.25, 0.3) is 0 Å². The molecular formula is C16H16F2N2O3. The van der Waals surface area contributed by atoms with Gasteiger partial charge < -0.3 is 10.1 Å². The first kappa shape index (κ1) is 15.7. The summed E-state index contributed by atoms with van der Waals surface area (Å²) in [6.07, 6.45) is 1.05. The number of aryl methyl sites for hydroxylation is 1. The van der Waals surface area contributed by atoms with Crippen molar-refractivity contribution in [1.82, 2.24) is 4.98 Å². The Morgan fingerprint density at radius 1 is 1.39 bits per heavy atom. The molecule has 1 fully saturated rings. The average Bonchev–Trinajstić information content (AvgIpc) is 2.78. The van der Waals surface area contributed by atoms with Gasteiger partial charge in [0.15, 0.2) is 0 Å². The van der Waals surface area contributed by atoms with Gasteiger partial charge in [-0.3, -0.25) is 14.6 Å². The van der Waals surface area contributed by atoms with E-state index in [1.54, 1.807) is 32.2 Å². The van der Waals surface area contributed by atoms with E-state index in [-0.39, 0.29) is 5.69 Å². The molecule has 5 nitrogen and oxygen atoms in total. The predicted molar refractivity (Wildman–Crippen MR) is 80.6 cm³/mol. The van der Waals surface area contributed by atoms with Gasteiger partial charge in [-0.05, 0) is 25.5 Å². The summed E-state index contributed by atoms with van der Waals surface area (Å²) >= 11 is 0. The van der Waals surface area contributed by atoms with Gasteiger partial charge >= 0.3 is 0 Å². The number of aromatic nitrogens is 1. The van der Waals surface area contributed by atoms with Gasteiger partial charge in [0.1, 0.15) is 6.61 Å². The summed E-state index contributed by atoms with van der Waals surface area (Å²) in [5.41, 5.74) is -1.11. The van der Waals surface area contributed by atoms with Crippen LogP contribution in [0.15, 0.2) is 34.0 Å². The monoisotopic (exact) mass is 322 g/mol. The van der Waals surface area contributed by atoms with Crippen LogP contribution in [0.5, 0.6) is 0 Å². The minimum atomic E-state index is -2.94. The standard InChI is InChI=1S/C16H16F2N2O3/c1-9-4-3-5-19-12(9)14(20-10-6-11(21)13(10)22)15(2)7-16(17,18)8-23-15/h3-6,14,20H,7-8H2,1-2H3. The molecule has 1 aliphatic heterocycles. The molecule has 0 amide bonds. The molecule has 1 aromatic heterocycles. The largest absolute Gasteiger partial charge is 0.371 e. The van der Waals surface area contributed by atoms with E-state index < -0.39 is 41.5 Å². The number of ether oxygens (including phenoxy) is 1. The molecular weight excluding hydrogens is 306 g/mol. The van der Waals surface area contributed by atoms with Crippen LogP contribution in [0.2, 0.25) is 0 Å². The summed E-state index contributed by atoms with van der Waals surface area (Å²) in [7, 11) is 0.